The van der Waals surface area contributed by atoms with Gasteiger partial charge in [0, 0.05) is 54.8 Å². The number of carbonyl (C=O) groups is 1. The maximum absolute atomic E-state index is 12.9. The quantitative estimate of drug-likeness (QED) is 0.695. The van der Waals surface area contributed by atoms with Gasteiger partial charge in [-0.25, -0.2) is 0 Å². The Kier molecular flexibility index (Phi) is 5.59. The van der Waals surface area contributed by atoms with E-state index in [1.54, 1.807) is 0 Å². The Morgan fingerprint density at radius 1 is 1.10 bits per heavy atom. The number of aryl methyl sites for hydroxylation is 1. The molecule has 5 rings (SSSR count). The summed E-state index contributed by atoms with van der Waals surface area (Å²) in [5.41, 5.74) is 1.11. The first-order chi connectivity index (χ1) is 14.6. The molecule has 0 saturated carbocycles. The zero-order valence-electron chi connectivity index (χ0n) is 17.9. The van der Waals surface area contributed by atoms with Gasteiger partial charge in [0.1, 0.15) is 11.4 Å². The van der Waals surface area contributed by atoms with Gasteiger partial charge in [-0.15, -0.1) is 11.3 Å². The number of rotatable bonds is 4. The molecule has 1 atom stereocenters. The van der Waals surface area contributed by atoms with Crippen molar-refractivity contribution in [3.05, 3.63) is 51.7 Å². The summed E-state index contributed by atoms with van der Waals surface area (Å²) < 4.78 is 6.65. The molecule has 1 amide bonds. The highest BCUT2D eigenvalue weighted by Gasteiger charge is 2.44. The first-order valence-corrected chi connectivity index (χ1v) is 12.3. The molecule has 3 aliphatic heterocycles. The van der Waals surface area contributed by atoms with Crippen molar-refractivity contribution in [3.63, 3.8) is 0 Å². The third-order valence-electron chi connectivity index (χ3n) is 7.13. The number of benzene rings is 1. The van der Waals surface area contributed by atoms with Gasteiger partial charge >= 0.3 is 0 Å². The first-order valence-electron chi connectivity index (χ1n) is 11.4. The zero-order valence-corrected chi connectivity index (χ0v) is 18.8. The summed E-state index contributed by atoms with van der Waals surface area (Å²) in [6.07, 6.45) is 5.98. The van der Waals surface area contributed by atoms with Crippen LogP contribution in [0.3, 0.4) is 0 Å². The second kappa shape index (κ2) is 8.35. The Balaban J connectivity index is 1.28. The van der Waals surface area contributed by atoms with Crippen LogP contribution in [-0.2, 0) is 11.3 Å². The van der Waals surface area contributed by atoms with E-state index < -0.39 is 0 Å². The van der Waals surface area contributed by atoms with E-state index in [4.69, 9.17) is 4.74 Å². The molecule has 4 heterocycles. The fourth-order valence-corrected chi connectivity index (χ4v) is 6.38. The number of nitrogens with zero attached hydrogens (tertiary/aromatic N) is 2. The summed E-state index contributed by atoms with van der Waals surface area (Å²) in [6, 6.07) is 12.9. The second-order valence-electron chi connectivity index (χ2n) is 9.30. The molecule has 2 fully saturated rings. The number of likely N-dealkylation sites (tertiary alicyclic amines) is 2. The van der Waals surface area contributed by atoms with Crippen molar-refractivity contribution in [3.8, 4) is 5.75 Å². The molecule has 1 spiro atoms. The van der Waals surface area contributed by atoms with Gasteiger partial charge in [-0.05, 0) is 62.8 Å². The number of ether oxygens (including phenoxy) is 1. The van der Waals surface area contributed by atoms with Crippen molar-refractivity contribution < 1.29 is 9.53 Å². The van der Waals surface area contributed by atoms with Crippen molar-refractivity contribution in [1.29, 1.82) is 0 Å². The first kappa shape index (κ1) is 20.1. The minimum absolute atomic E-state index is 0.119. The summed E-state index contributed by atoms with van der Waals surface area (Å²) in [5, 5.41) is 0. The van der Waals surface area contributed by atoms with Gasteiger partial charge in [0.2, 0.25) is 5.91 Å². The largest absolute Gasteiger partial charge is 0.487 e. The molecule has 0 unspecified atom stereocenters. The average molecular weight is 425 g/mol. The van der Waals surface area contributed by atoms with Crippen molar-refractivity contribution >= 4 is 17.2 Å². The fourth-order valence-electron chi connectivity index (χ4n) is 5.45. The molecule has 3 aliphatic rings. The highest BCUT2D eigenvalue weighted by Crippen LogP contribution is 2.47. The molecule has 0 bridgehead atoms. The third kappa shape index (κ3) is 4.15. The van der Waals surface area contributed by atoms with E-state index in [1.165, 1.54) is 15.3 Å². The van der Waals surface area contributed by atoms with E-state index in [0.717, 1.165) is 70.6 Å². The molecule has 1 aromatic heterocycles. The lowest BCUT2D eigenvalue weighted by molar-refractivity contribution is -0.131. The van der Waals surface area contributed by atoms with Gasteiger partial charge in [0.15, 0.2) is 0 Å². The van der Waals surface area contributed by atoms with Gasteiger partial charge < -0.3 is 9.64 Å². The predicted molar refractivity (Wildman–Crippen MR) is 121 cm³/mol. The van der Waals surface area contributed by atoms with Crippen molar-refractivity contribution in [2.45, 2.75) is 63.5 Å². The molecule has 5 heteroatoms. The molecular weight excluding hydrogens is 392 g/mol. The topological polar surface area (TPSA) is 32.8 Å². The van der Waals surface area contributed by atoms with Gasteiger partial charge in [0.05, 0.1) is 0 Å². The minimum Gasteiger partial charge on any atom is -0.487 e. The predicted octanol–water partition coefficient (Wildman–Crippen LogP) is 4.97. The number of piperidine rings is 1. The second-order valence-corrected chi connectivity index (χ2v) is 10.7. The standard InChI is InChI=1S/C25H32N2O2S/c1-19-8-9-21(30-19)18-26-14-10-25(11-15-26)17-20(16-24(28)27-12-4-5-13-27)22-6-2-3-7-23(22)29-25/h2-3,6-9,20H,4-5,10-18H2,1H3/t20-/m0/s1. The van der Waals surface area contributed by atoms with Crippen LogP contribution in [0.15, 0.2) is 36.4 Å². The SMILES string of the molecule is Cc1ccc(CN2CCC3(CC2)C[C@H](CC(=O)N2CCCC2)c2ccccc2O3)s1. The lowest BCUT2D eigenvalue weighted by Gasteiger charge is -2.47. The number of fused-ring (bicyclic) bond motifs is 1. The number of carbonyl (C=O) groups excluding carboxylic acids is 1. The van der Waals surface area contributed by atoms with Gasteiger partial charge in [-0.1, -0.05) is 18.2 Å². The van der Waals surface area contributed by atoms with Crippen molar-refractivity contribution in [1.82, 2.24) is 9.80 Å². The fraction of sp³-hybridized carbons (Fsp3) is 0.560. The van der Waals surface area contributed by atoms with Crippen LogP contribution in [0.2, 0.25) is 0 Å². The number of hydrogen-bond donors (Lipinski definition) is 0. The molecule has 2 aromatic rings. The molecular formula is C25H32N2O2S. The van der Waals surface area contributed by atoms with Crippen LogP contribution < -0.4 is 4.74 Å². The molecule has 0 aliphatic carbocycles. The summed E-state index contributed by atoms with van der Waals surface area (Å²) in [7, 11) is 0. The Labute approximate surface area is 183 Å². The number of para-hydroxylation sites is 1. The summed E-state index contributed by atoms with van der Waals surface area (Å²) >= 11 is 1.90. The van der Waals surface area contributed by atoms with Crippen LogP contribution in [0.25, 0.3) is 0 Å². The Morgan fingerprint density at radius 3 is 2.60 bits per heavy atom. The van der Waals surface area contributed by atoms with Crippen LogP contribution in [0.1, 0.15) is 59.8 Å². The average Bonchev–Trinajstić information content (AvgIpc) is 3.42. The van der Waals surface area contributed by atoms with E-state index in [-0.39, 0.29) is 11.5 Å². The van der Waals surface area contributed by atoms with Crippen molar-refractivity contribution in [2.24, 2.45) is 0 Å². The molecule has 0 radical (unpaired) electrons. The summed E-state index contributed by atoms with van der Waals surface area (Å²) in [5.74, 6) is 1.61. The zero-order chi connectivity index (χ0) is 20.6. The van der Waals surface area contributed by atoms with Crippen LogP contribution in [0.4, 0.5) is 0 Å². The highest BCUT2D eigenvalue weighted by atomic mass is 32.1. The summed E-state index contributed by atoms with van der Waals surface area (Å²) in [6.45, 7) is 7.22. The Bertz CT molecular complexity index is 894. The number of hydrogen-bond acceptors (Lipinski definition) is 4. The molecule has 2 saturated heterocycles. The van der Waals surface area contributed by atoms with E-state index in [1.807, 2.05) is 11.3 Å². The molecule has 0 N–H and O–H groups in total. The smallest absolute Gasteiger partial charge is 0.223 e. The van der Waals surface area contributed by atoms with Crippen molar-refractivity contribution in [2.75, 3.05) is 26.2 Å². The lowest BCUT2D eigenvalue weighted by atomic mass is 9.76. The summed E-state index contributed by atoms with van der Waals surface area (Å²) in [4.78, 5) is 20.4. The molecule has 4 nitrogen and oxygen atoms in total. The number of thiophene rings is 1. The molecule has 1 aromatic carbocycles. The maximum atomic E-state index is 12.9. The van der Waals surface area contributed by atoms with Gasteiger partial charge in [-0.2, -0.15) is 0 Å². The number of amides is 1. The van der Waals surface area contributed by atoms with E-state index >= 15 is 0 Å². The van der Waals surface area contributed by atoms with Crippen LogP contribution in [0, 0.1) is 6.92 Å². The molecule has 160 valence electrons. The van der Waals surface area contributed by atoms with E-state index in [0.29, 0.717) is 12.3 Å². The molecule has 30 heavy (non-hydrogen) atoms. The highest BCUT2D eigenvalue weighted by molar-refractivity contribution is 7.11. The third-order valence-corrected chi connectivity index (χ3v) is 8.11. The van der Waals surface area contributed by atoms with Crippen LogP contribution >= 0.6 is 11.3 Å². The van der Waals surface area contributed by atoms with Gasteiger partial charge in [0.25, 0.3) is 0 Å². The normalized spacial score (nSPS) is 23.4. The monoisotopic (exact) mass is 424 g/mol. The lowest BCUT2D eigenvalue weighted by Crippen LogP contribution is -2.50. The van der Waals surface area contributed by atoms with E-state index in [2.05, 4.69) is 53.1 Å². The maximum Gasteiger partial charge on any atom is 0.223 e. The Morgan fingerprint density at radius 2 is 1.87 bits per heavy atom. The minimum atomic E-state index is -0.119. The Hall–Kier alpha value is -1.85. The van der Waals surface area contributed by atoms with Crippen LogP contribution in [0.5, 0.6) is 5.75 Å². The van der Waals surface area contributed by atoms with Gasteiger partial charge in [-0.3, -0.25) is 9.69 Å². The van der Waals surface area contributed by atoms with Crippen LogP contribution in [-0.4, -0.2) is 47.5 Å². The van der Waals surface area contributed by atoms with E-state index in [9.17, 15) is 4.79 Å².